The van der Waals surface area contributed by atoms with Crippen LogP contribution in [0.5, 0.6) is 0 Å². The average molecular weight is 395 g/mol. The van der Waals surface area contributed by atoms with Gasteiger partial charge in [-0.25, -0.2) is 0 Å². The number of benzene rings is 2. The van der Waals surface area contributed by atoms with E-state index in [1.54, 1.807) is 6.08 Å². The van der Waals surface area contributed by atoms with Crippen LogP contribution >= 0.6 is 12.2 Å². The van der Waals surface area contributed by atoms with Crippen LogP contribution < -0.4 is 0 Å². The third-order valence-corrected chi connectivity index (χ3v) is 5.57. The van der Waals surface area contributed by atoms with Gasteiger partial charge in [-0.1, -0.05) is 125 Å². The van der Waals surface area contributed by atoms with Crippen LogP contribution in [-0.4, -0.2) is 9.97 Å². The molecule has 0 aliphatic heterocycles. The molecule has 0 aliphatic carbocycles. The highest BCUT2D eigenvalue weighted by Crippen LogP contribution is 2.16. The lowest BCUT2D eigenvalue weighted by Crippen LogP contribution is -2.01. The molecule has 0 spiro atoms. The molecule has 2 aromatic rings. The minimum Gasteiger partial charge on any atom is -0.506 e. The molecule has 0 unspecified atom stereocenters. The van der Waals surface area contributed by atoms with E-state index in [0.29, 0.717) is 4.86 Å². The SMILES string of the molecule is CCCCCCCCCCCc1ccc(C(=S)C(O)=Cc2ccccc2)cc1. The van der Waals surface area contributed by atoms with E-state index >= 15 is 0 Å². The largest absolute Gasteiger partial charge is 0.506 e. The first-order valence-electron chi connectivity index (χ1n) is 10.8. The molecule has 0 aliphatic rings. The normalized spacial score (nSPS) is 11.5. The van der Waals surface area contributed by atoms with Gasteiger partial charge in [0.25, 0.3) is 0 Å². The van der Waals surface area contributed by atoms with Crippen molar-refractivity contribution in [2.24, 2.45) is 0 Å². The third-order valence-electron chi connectivity index (χ3n) is 5.12. The van der Waals surface area contributed by atoms with E-state index in [0.717, 1.165) is 17.5 Å². The molecule has 0 atom stereocenters. The zero-order valence-electron chi connectivity index (χ0n) is 17.2. The van der Waals surface area contributed by atoms with Gasteiger partial charge in [-0.05, 0) is 35.6 Å². The molecule has 2 aromatic carbocycles. The number of hydrogen-bond acceptors (Lipinski definition) is 2. The predicted molar refractivity (Wildman–Crippen MR) is 126 cm³/mol. The molecular weight excluding hydrogens is 360 g/mol. The maximum absolute atomic E-state index is 10.3. The predicted octanol–water partition coefficient (Wildman–Crippen LogP) is 8.08. The number of hydrogen-bond donors (Lipinski definition) is 1. The van der Waals surface area contributed by atoms with Gasteiger partial charge < -0.3 is 5.11 Å². The Kier molecular flexibility index (Phi) is 10.6. The lowest BCUT2D eigenvalue weighted by molar-refractivity contribution is 0.450. The maximum atomic E-state index is 10.3. The molecule has 0 saturated carbocycles. The number of aliphatic hydroxyl groups is 1. The van der Waals surface area contributed by atoms with Crippen LogP contribution in [0.3, 0.4) is 0 Å². The molecule has 2 rings (SSSR count). The van der Waals surface area contributed by atoms with E-state index in [1.807, 2.05) is 42.5 Å². The lowest BCUT2D eigenvalue weighted by atomic mass is 10.0. The summed E-state index contributed by atoms with van der Waals surface area (Å²) in [5.74, 6) is 0.146. The Morgan fingerprint density at radius 3 is 1.96 bits per heavy atom. The lowest BCUT2D eigenvalue weighted by Gasteiger charge is -2.06. The van der Waals surface area contributed by atoms with Crippen molar-refractivity contribution in [1.29, 1.82) is 0 Å². The van der Waals surface area contributed by atoms with E-state index in [9.17, 15) is 5.11 Å². The van der Waals surface area contributed by atoms with Crippen molar-refractivity contribution in [2.75, 3.05) is 0 Å². The molecule has 2 heteroatoms. The van der Waals surface area contributed by atoms with Gasteiger partial charge in [-0.2, -0.15) is 0 Å². The van der Waals surface area contributed by atoms with Gasteiger partial charge in [0.05, 0.1) is 4.86 Å². The van der Waals surface area contributed by atoms with E-state index in [1.165, 1.54) is 63.4 Å². The Labute approximate surface area is 176 Å². The summed E-state index contributed by atoms with van der Waals surface area (Å²) in [4.78, 5) is 0.499. The van der Waals surface area contributed by atoms with Crippen molar-refractivity contribution < 1.29 is 5.11 Å². The molecule has 1 nitrogen and oxygen atoms in total. The molecule has 1 N–H and O–H groups in total. The summed E-state index contributed by atoms with van der Waals surface area (Å²) in [7, 11) is 0. The first-order valence-corrected chi connectivity index (χ1v) is 11.2. The number of allylic oxidation sites excluding steroid dienone is 1. The van der Waals surface area contributed by atoms with E-state index in [2.05, 4.69) is 19.1 Å². The summed E-state index contributed by atoms with van der Waals surface area (Å²) in [6, 6.07) is 18.1. The van der Waals surface area contributed by atoms with Gasteiger partial charge in [0.2, 0.25) is 0 Å². The maximum Gasteiger partial charge on any atom is 0.134 e. The van der Waals surface area contributed by atoms with E-state index in [4.69, 9.17) is 12.2 Å². The van der Waals surface area contributed by atoms with Gasteiger partial charge in [-0.15, -0.1) is 0 Å². The molecule has 0 bridgehead atoms. The fraction of sp³-hybridized carbons (Fsp3) is 0.423. The van der Waals surface area contributed by atoms with Gasteiger partial charge in [0, 0.05) is 0 Å². The summed E-state index contributed by atoms with van der Waals surface area (Å²) in [6.07, 6.45) is 15.1. The second-order valence-electron chi connectivity index (χ2n) is 7.54. The number of rotatable bonds is 13. The molecule has 0 saturated heterocycles. The van der Waals surface area contributed by atoms with Crippen molar-refractivity contribution in [3.63, 3.8) is 0 Å². The van der Waals surface area contributed by atoms with E-state index in [-0.39, 0.29) is 5.76 Å². The quantitative estimate of drug-likeness (QED) is 0.122. The number of aryl methyl sites for hydroxylation is 1. The highest BCUT2D eigenvalue weighted by Gasteiger charge is 2.06. The third kappa shape index (κ3) is 8.39. The highest BCUT2D eigenvalue weighted by molar-refractivity contribution is 7.81. The molecular formula is C26H34OS. The summed E-state index contributed by atoms with van der Waals surface area (Å²) >= 11 is 5.44. The van der Waals surface area contributed by atoms with Crippen LogP contribution in [0.1, 0.15) is 81.4 Å². The summed E-state index contributed by atoms with van der Waals surface area (Å²) < 4.78 is 0. The molecule has 0 aromatic heterocycles. The highest BCUT2D eigenvalue weighted by atomic mass is 32.1. The van der Waals surface area contributed by atoms with Gasteiger partial charge in [0.15, 0.2) is 0 Å². The van der Waals surface area contributed by atoms with Crippen LogP contribution in [0.15, 0.2) is 60.4 Å². The van der Waals surface area contributed by atoms with Gasteiger partial charge in [-0.3, -0.25) is 0 Å². The van der Waals surface area contributed by atoms with Crippen LogP contribution in [-0.2, 0) is 6.42 Å². The van der Waals surface area contributed by atoms with E-state index < -0.39 is 0 Å². The fourth-order valence-electron chi connectivity index (χ4n) is 3.38. The second-order valence-corrected chi connectivity index (χ2v) is 7.95. The molecule has 0 amide bonds. The van der Waals surface area contributed by atoms with Crippen molar-refractivity contribution >= 4 is 23.2 Å². The molecule has 0 heterocycles. The molecule has 0 radical (unpaired) electrons. The van der Waals surface area contributed by atoms with Crippen molar-refractivity contribution in [3.05, 3.63) is 77.0 Å². The van der Waals surface area contributed by atoms with Crippen molar-refractivity contribution in [1.82, 2.24) is 0 Å². The first kappa shape index (κ1) is 22.4. The van der Waals surface area contributed by atoms with Crippen molar-refractivity contribution in [3.8, 4) is 0 Å². The zero-order chi connectivity index (χ0) is 20.0. The fourth-order valence-corrected chi connectivity index (χ4v) is 3.58. The van der Waals surface area contributed by atoms with Crippen molar-refractivity contribution in [2.45, 2.75) is 71.1 Å². The monoisotopic (exact) mass is 394 g/mol. The number of aliphatic hydroxyl groups excluding tert-OH is 1. The van der Waals surface area contributed by atoms with Crippen LogP contribution in [0.2, 0.25) is 0 Å². The Bertz CT molecular complexity index is 716. The Hall–Kier alpha value is -1.93. The molecule has 150 valence electrons. The molecule has 28 heavy (non-hydrogen) atoms. The Morgan fingerprint density at radius 1 is 0.786 bits per heavy atom. The number of thiocarbonyl (C=S) groups is 1. The summed E-state index contributed by atoms with van der Waals surface area (Å²) in [5.41, 5.74) is 3.20. The van der Waals surface area contributed by atoms with Crippen LogP contribution in [0.4, 0.5) is 0 Å². The molecule has 0 fully saturated rings. The standard InChI is InChI=1S/C26H34OS/c1-2-3-4-5-6-7-8-9-11-14-22-17-19-24(20-18-22)26(28)25(27)21-23-15-12-10-13-16-23/h10,12-13,15-21,27H,2-9,11,14H2,1H3. The topological polar surface area (TPSA) is 20.2 Å². The second kappa shape index (κ2) is 13.3. The minimum absolute atomic E-state index is 0.146. The van der Waals surface area contributed by atoms with Crippen LogP contribution in [0, 0.1) is 0 Å². The Morgan fingerprint density at radius 2 is 1.36 bits per heavy atom. The van der Waals surface area contributed by atoms with Crippen LogP contribution in [0.25, 0.3) is 6.08 Å². The first-order chi connectivity index (χ1) is 13.7. The summed E-state index contributed by atoms with van der Waals surface area (Å²) in [6.45, 7) is 2.27. The van der Waals surface area contributed by atoms with Gasteiger partial charge in [0.1, 0.15) is 5.76 Å². The Balaban J connectivity index is 1.71. The van der Waals surface area contributed by atoms with Gasteiger partial charge >= 0.3 is 0 Å². The summed E-state index contributed by atoms with van der Waals surface area (Å²) in [5, 5.41) is 10.3. The minimum atomic E-state index is 0.146. The number of unbranched alkanes of at least 4 members (excludes halogenated alkanes) is 8. The zero-order valence-corrected chi connectivity index (χ0v) is 18.0. The smallest absolute Gasteiger partial charge is 0.134 e. The average Bonchev–Trinajstić information content (AvgIpc) is 2.73.